The molecule has 0 fully saturated rings. The molecule has 0 aliphatic heterocycles. The number of rotatable bonds is 1. The Bertz CT molecular complexity index is 931. The molecule has 22 heavy (non-hydrogen) atoms. The predicted octanol–water partition coefficient (Wildman–Crippen LogP) is 7.08. The maximum atomic E-state index is 6.05. The van der Waals surface area contributed by atoms with E-state index < -0.39 is 0 Å². The lowest BCUT2D eigenvalue weighted by molar-refractivity contribution is 1.66. The number of hydrogen-bond acceptors (Lipinski definition) is 0. The van der Waals surface area contributed by atoms with Gasteiger partial charge in [0.05, 0.1) is 0 Å². The van der Waals surface area contributed by atoms with Crippen molar-refractivity contribution in [2.24, 2.45) is 0 Å². The zero-order valence-electron chi connectivity index (χ0n) is 11.7. The van der Waals surface area contributed by atoms with E-state index in [0.717, 1.165) is 9.50 Å². The second kappa shape index (κ2) is 5.42. The highest BCUT2D eigenvalue weighted by Gasteiger charge is 2.13. The summed E-state index contributed by atoms with van der Waals surface area (Å²) in [6, 6.07) is 25.1. The van der Waals surface area contributed by atoms with Crippen LogP contribution in [0.2, 0.25) is 5.02 Å². The normalized spacial score (nSPS) is 11.2. The fourth-order valence-corrected chi connectivity index (χ4v) is 3.82. The van der Waals surface area contributed by atoms with Gasteiger partial charge in [0, 0.05) is 9.50 Å². The van der Waals surface area contributed by atoms with Crippen molar-refractivity contribution in [1.29, 1.82) is 0 Å². The summed E-state index contributed by atoms with van der Waals surface area (Å²) >= 11 is 9.83. The molecule has 4 rings (SSSR count). The van der Waals surface area contributed by atoms with E-state index in [1.807, 2.05) is 12.1 Å². The average Bonchev–Trinajstić information content (AvgIpc) is 2.57. The van der Waals surface area contributed by atoms with E-state index in [9.17, 15) is 0 Å². The molecule has 0 amide bonds. The molecule has 0 bridgehead atoms. The van der Waals surface area contributed by atoms with E-state index in [2.05, 4.69) is 76.6 Å². The summed E-state index contributed by atoms with van der Waals surface area (Å²) in [6.45, 7) is 0. The minimum atomic E-state index is 0.759. The highest BCUT2D eigenvalue weighted by molar-refractivity contribution is 9.10. The smallest absolute Gasteiger partial charge is 0.0406 e. The first kappa shape index (κ1) is 13.8. The number of fused-ring (bicyclic) bond motifs is 2. The van der Waals surface area contributed by atoms with Crippen LogP contribution in [-0.2, 0) is 0 Å². The van der Waals surface area contributed by atoms with Gasteiger partial charge in [0.25, 0.3) is 0 Å². The van der Waals surface area contributed by atoms with Gasteiger partial charge in [-0.2, -0.15) is 0 Å². The Labute approximate surface area is 142 Å². The van der Waals surface area contributed by atoms with Crippen molar-refractivity contribution in [3.8, 4) is 11.1 Å². The lowest BCUT2D eigenvalue weighted by Gasteiger charge is -2.14. The molecule has 0 aliphatic carbocycles. The minimum absolute atomic E-state index is 0.759. The summed E-state index contributed by atoms with van der Waals surface area (Å²) in [5.74, 6) is 0. The van der Waals surface area contributed by atoms with E-state index in [4.69, 9.17) is 11.6 Å². The molecule has 0 heterocycles. The van der Waals surface area contributed by atoms with Crippen LogP contribution in [-0.4, -0.2) is 0 Å². The van der Waals surface area contributed by atoms with Gasteiger partial charge in [0.1, 0.15) is 0 Å². The molecule has 0 aromatic heterocycles. The van der Waals surface area contributed by atoms with E-state index in [1.165, 1.54) is 32.7 Å². The third-order valence-electron chi connectivity index (χ3n) is 4.00. The largest absolute Gasteiger partial charge is 0.0843 e. The molecule has 0 aliphatic rings. The van der Waals surface area contributed by atoms with Crippen molar-refractivity contribution in [2.45, 2.75) is 0 Å². The Kier molecular flexibility index (Phi) is 3.40. The van der Waals surface area contributed by atoms with Crippen LogP contribution in [0.25, 0.3) is 32.7 Å². The molecule has 0 saturated carbocycles. The summed E-state index contributed by atoms with van der Waals surface area (Å²) < 4.78 is 1.15. The molecule has 0 nitrogen and oxygen atoms in total. The van der Waals surface area contributed by atoms with Crippen molar-refractivity contribution >= 4 is 49.1 Å². The van der Waals surface area contributed by atoms with Crippen LogP contribution in [0.15, 0.2) is 77.3 Å². The highest BCUT2D eigenvalue weighted by atomic mass is 79.9. The Morgan fingerprint density at radius 2 is 1.05 bits per heavy atom. The van der Waals surface area contributed by atoms with Crippen LogP contribution in [0.1, 0.15) is 0 Å². The van der Waals surface area contributed by atoms with Gasteiger partial charge >= 0.3 is 0 Å². The van der Waals surface area contributed by atoms with Crippen LogP contribution in [0.4, 0.5) is 0 Å². The summed E-state index contributed by atoms with van der Waals surface area (Å²) in [6.07, 6.45) is 0. The van der Waals surface area contributed by atoms with Crippen LogP contribution in [0, 0.1) is 0 Å². The van der Waals surface area contributed by atoms with Gasteiger partial charge in [-0.05, 0) is 60.7 Å². The van der Waals surface area contributed by atoms with Gasteiger partial charge < -0.3 is 0 Å². The van der Waals surface area contributed by atoms with E-state index in [1.54, 1.807) is 0 Å². The van der Waals surface area contributed by atoms with Crippen LogP contribution in [0.3, 0.4) is 0 Å². The predicted molar refractivity (Wildman–Crippen MR) is 99.6 cm³/mol. The van der Waals surface area contributed by atoms with Gasteiger partial charge in [-0.3, -0.25) is 0 Å². The van der Waals surface area contributed by atoms with Crippen molar-refractivity contribution < 1.29 is 0 Å². The average molecular weight is 368 g/mol. The van der Waals surface area contributed by atoms with Crippen molar-refractivity contribution in [3.63, 3.8) is 0 Å². The van der Waals surface area contributed by atoms with Gasteiger partial charge in [-0.1, -0.05) is 72.3 Å². The van der Waals surface area contributed by atoms with E-state index >= 15 is 0 Å². The van der Waals surface area contributed by atoms with E-state index in [0.29, 0.717) is 0 Å². The first-order valence-electron chi connectivity index (χ1n) is 7.10. The second-order valence-electron chi connectivity index (χ2n) is 5.29. The van der Waals surface area contributed by atoms with Crippen molar-refractivity contribution in [2.75, 3.05) is 0 Å². The molecule has 0 spiro atoms. The molecular formula is C20H12BrCl. The molecule has 0 radical (unpaired) electrons. The quantitative estimate of drug-likeness (QED) is 0.315. The lowest BCUT2D eigenvalue weighted by Crippen LogP contribution is -1.87. The molecule has 106 valence electrons. The standard InChI is InChI=1S/C20H12BrCl/c21-20-17-7-3-1-5-15(17)19(13-9-11-14(22)12-10-13)16-6-2-4-8-18(16)20/h1-12H. The summed E-state index contributed by atoms with van der Waals surface area (Å²) in [7, 11) is 0. The monoisotopic (exact) mass is 366 g/mol. The second-order valence-corrected chi connectivity index (χ2v) is 6.52. The van der Waals surface area contributed by atoms with Crippen LogP contribution < -0.4 is 0 Å². The zero-order valence-corrected chi connectivity index (χ0v) is 14.0. The molecule has 0 N–H and O–H groups in total. The minimum Gasteiger partial charge on any atom is -0.0843 e. The van der Waals surface area contributed by atoms with E-state index in [-0.39, 0.29) is 0 Å². The zero-order chi connectivity index (χ0) is 15.1. The number of benzene rings is 4. The summed E-state index contributed by atoms with van der Waals surface area (Å²) in [5, 5.41) is 5.71. The first-order chi connectivity index (χ1) is 10.8. The van der Waals surface area contributed by atoms with Gasteiger partial charge in [-0.25, -0.2) is 0 Å². The number of hydrogen-bond donors (Lipinski definition) is 0. The molecular weight excluding hydrogens is 356 g/mol. The molecule has 4 aromatic carbocycles. The van der Waals surface area contributed by atoms with Crippen LogP contribution >= 0.6 is 27.5 Å². The third kappa shape index (κ3) is 2.13. The molecule has 4 aromatic rings. The maximum Gasteiger partial charge on any atom is 0.0406 e. The van der Waals surface area contributed by atoms with Gasteiger partial charge in [0.2, 0.25) is 0 Å². The fourth-order valence-electron chi connectivity index (χ4n) is 3.00. The van der Waals surface area contributed by atoms with Crippen molar-refractivity contribution in [3.05, 3.63) is 82.3 Å². The third-order valence-corrected chi connectivity index (χ3v) is 5.10. The molecule has 0 unspecified atom stereocenters. The Hall–Kier alpha value is -1.83. The Balaban J connectivity index is 2.23. The Morgan fingerprint density at radius 3 is 1.55 bits per heavy atom. The molecule has 0 saturated heterocycles. The molecule has 0 atom stereocenters. The van der Waals surface area contributed by atoms with Gasteiger partial charge in [-0.15, -0.1) is 0 Å². The summed E-state index contributed by atoms with van der Waals surface area (Å²) in [5.41, 5.74) is 2.44. The first-order valence-corrected chi connectivity index (χ1v) is 8.27. The molecule has 2 heteroatoms. The Morgan fingerprint density at radius 1 is 0.591 bits per heavy atom. The highest BCUT2D eigenvalue weighted by Crippen LogP contribution is 2.41. The topological polar surface area (TPSA) is 0 Å². The van der Waals surface area contributed by atoms with Gasteiger partial charge in [0.15, 0.2) is 0 Å². The maximum absolute atomic E-state index is 6.05. The van der Waals surface area contributed by atoms with Crippen LogP contribution in [0.5, 0.6) is 0 Å². The lowest BCUT2D eigenvalue weighted by atomic mass is 9.92. The number of halogens is 2. The SMILES string of the molecule is Clc1ccc(-c2c3ccccc3c(Br)c3ccccc23)cc1. The van der Waals surface area contributed by atoms with Crippen molar-refractivity contribution in [1.82, 2.24) is 0 Å². The summed E-state index contributed by atoms with van der Waals surface area (Å²) in [4.78, 5) is 0. The fraction of sp³-hybridized carbons (Fsp3) is 0.